The van der Waals surface area contributed by atoms with Gasteiger partial charge in [0.2, 0.25) is 5.78 Å². The minimum atomic E-state index is -0.536. The van der Waals surface area contributed by atoms with Crippen LogP contribution in [0.4, 0.5) is 4.39 Å². The van der Waals surface area contributed by atoms with E-state index in [0.29, 0.717) is 9.90 Å². The largest absolute Gasteiger partial charge is 0.288 e. The Bertz CT molecular complexity index is 562. The van der Waals surface area contributed by atoms with E-state index in [0.717, 1.165) is 11.3 Å². The molecule has 2 rings (SSSR count). The lowest BCUT2D eigenvalue weighted by Crippen LogP contribution is -2.01. The average molecular weight is 269 g/mol. The van der Waals surface area contributed by atoms with Crippen molar-refractivity contribution in [3.8, 4) is 0 Å². The number of thiophene rings is 1. The number of ketones is 1. The van der Waals surface area contributed by atoms with Crippen LogP contribution in [0.15, 0.2) is 30.3 Å². The standard InChI is InChI=1S/C13H10ClFOS/c1-2-9-4-6-12(17-9)13(16)10-7-8(14)3-5-11(10)15/h3-7H,2H2,1H3. The van der Waals surface area contributed by atoms with Crippen molar-refractivity contribution in [2.75, 3.05) is 0 Å². The lowest BCUT2D eigenvalue weighted by atomic mass is 10.1. The summed E-state index contributed by atoms with van der Waals surface area (Å²) in [6.07, 6.45) is 0.871. The molecule has 0 unspecified atom stereocenters. The van der Waals surface area contributed by atoms with Gasteiger partial charge in [0.25, 0.3) is 0 Å². The minimum absolute atomic E-state index is 0.0296. The Balaban J connectivity index is 2.39. The number of aryl methyl sites for hydroxylation is 1. The van der Waals surface area contributed by atoms with E-state index in [2.05, 4.69) is 0 Å². The number of rotatable bonds is 3. The molecule has 0 aliphatic carbocycles. The van der Waals surface area contributed by atoms with Crippen molar-refractivity contribution in [2.45, 2.75) is 13.3 Å². The molecule has 1 aromatic carbocycles. The van der Waals surface area contributed by atoms with Gasteiger partial charge in [-0.3, -0.25) is 4.79 Å². The van der Waals surface area contributed by atoms with Gasteiger partial charge in [0.05, 0.1) is 10.4 Å². The summed E-state index contributed by atoms with van der Waals surface area (Å²) in [5.41, 5.74) is 0.0296. The number of hydrogen-bond donors (Lipinski definition) is 0. The van der Waals surface area contributed by atoms with Gasteiger partial charge in [0.15, 0.2) is 0 Å². The molecule has 0 saturated carbocycles. The summed E-state index contributed by atoms with van der Waals surface area (Å²) in [7, 11) is 0. The third kappa shape index (κ3) is 2.56. The summed E-state index contributed by atoms with van der Waals surface area (Å²) >= 11 is 7.16. The predicted molar refractivity (Wildman–Crippen MR) is 68.5 cm³/mol. The van der Waals surface area contributed by atoms with E-state index in [9.17, 15) is 9.18 Å². The molecule has 0 radical (unpaired) electrons. The quantitative estimate of drug-likeness (QED) is 0.757. The molecule has 0 amide bonds. The molecule has 0 N–H and O–H groups in total. The van der Waals surface area contributed by atoms with Crippen LogP contribution >= 0.6 is 22.9 Å². The first-order chi connectivity index (χ1) is 8.11. The fraction of sp³-hybridized carbons (Fsp3) is 0.154. The molecule has 1 nitrogen and oxygen atoms in total. The van der Waals surface area contributed by atoms with Gasteiger partial charge in [-0.2, -0.15) is 0 Å². The highest BCUT2D eigenvalue weighted by Gasteiger charge is 2.16. The molecule has 17 heavy (non-hydrogen) atoms. The van der Waals surface area contributed by atoms with Crippen molar-refractivity contribution in [1.82, 2.24) is 0 Å². The molecular weight excluding hydrogens is 259 g/mol. The number of hydrogen-bond acceptors (Lipinski definition) is 2. The zero-order valence-corrected chi connectivity index (χ0v) is 10.7. The average Bonchev–Trinajstić information content (AvgIpc) is 2.80. The van der Waals surface area contributed by atoms with Crippen LogP contribution in [0.3, 0.4) is 0 Å². The molecule has 0 aliphatic rings. The molecule has 88 valence electrons. The summed E-state index contributed by atoms with van der Waals surface area (Å²) in [6, 6.07) is 7.63. The van der Waals surface area contributed by atoms with Crippen LogP contribution in [0.25, 0.3) is 0 Å². The Morgan fingerprint density at radius 2 is 2.12 bits per heavy atom. The first kappa shape index (κ1) is 12.3. The van der Waals surface area contributed by atoms with E-state index in [1.54, 1.807) is 6.07 Å². The van der Waals surface area contributed by atoms with Gasteiger partial charge in [-0.25, -0.2) is 4.39 Å². The predicted octanol–water partition coefficient (Wildman–Crippen LogP) is 4.33. The summed E-state index contributed by atoms with van der Waals surface area (Å²) in [5, 5.41) is 0.363. The first-order valence-corrected chi connectivity index (χ1v) is 6.39. The van der Waals surface area contributed by atoms with Gasteiger partial charge in [0, 0.05) is 9.90 Å². The van der Waals surface area contributed by atoms with Gasteiger partial charge >= 0.3 is 0 Å². The summed E-state index contributed by atoms with van der Waals surface area (Å²) in [6.45, 7) is 2.01. The van der Waals surface area contributed by atoms with Crippen LogP contribution < -0.4 is 0 Å². The molecule has 0 atom stereocenters. The second-order valence-corrected chi connectivity index (χ2v) is 5.18. The van der Waals surface area contributed by atoms with Crippen LogP contribution in [-0.4, -0.2) is 5.78 Å². The lowest BCUT2D eigenvalue weighted by molar-refractivity contribution is 0.103. The van der Waals surface area contributed by atoms with Crippen LogP contribution in [-0.2, 0) is 6.42 Å². The van der Waals surface area contributed by atoms with E-state index < -0.39 is 5.82 Å². The molecule has 0 saturated heterocycles. The fourth-order valence-electron chi connectivity index (χ4n) is 1.49. The first-order valence-electron chi connectivity index (χ1n) is 5.20. The Morgan fingerprint density at radius 1 is 1.35 bits per heavy atom. The highest BCUT2D eigenvalue weighted by molar-refractivity contribution is 7.14. The summed E-state index contributed by atoms with van der Waals surface area (Å²) < 4.78 is 13.5. The van der Waals surface area contributed by atoms with E-state index in [-0.39, 0.29) is 11.3 Å². The van der Waals surface area contributed by atoms with Crippen molar-refractivity contribution in [3.05, 3.63) is 56.5 Å². The molecule has 0 bridgehead atoms. The van der Waals surface area contributed by atoms with Crippen molar-refractivity contribution < 1.29 is 9.18 Å². The highest BCUT2D eigenvalue weighted by atomic mass is 35.5. The highest BCUT2D eigenvalue weighted by Crippen LogP contribution is 2.23. The van der Waals surface area contributed by atoms with E-state index in [4.69, 9.17) is 11.6 Å². The molecule has 0 aliphatic heterocycles. The summed E-state index contributed by atoms with van der Waals surface area (Å²) in [4.78, 5) is 13.7. The van der Waals surface area contributed by atoms with Crippen LogP contribution in [0, 0.1) is 5.82 Å². The van der Waals surface area contributed by atoms with Gasteiger partial charge in [-0.15, -0.1) is 11.3 Å². The topological polar surface area (TPSA) is 17.1 Å². The van der Waals surface area contributed by atoms with E-state index in [1.165, 1.54) is 29.5 Å². The fourth-order valence-corrected chi connectivity index (χ4v) is 2.57. The van der Waals surface area contributed by atoms with Crippen molar-refractivity contribution >= 4 is 28.7 Å². The number of halogens is 2. The second-order valence-electron chi connectivity index (χ2n) is 3.57. The monoisotopic (exact) mass is 268 g/mol. The number of carbonyl (C=O) groups is 1. The minimum Gasteiger partial charge on any atom is -0.288 e. The van der Waals surface area contributed by atoms with E-state index in [1.807, 2.05) is 13.0 Å². The molecule has 4 heteroatoms. The molecule has 1 heterocycles. The summed E-state index contributed by atoms with van der Waals surface area (Å²) in [5.74, 6) is -0.847. The van der Waals surface area contributed by atoms with Gasteiger partial charge in [-0.1, -0.05) is 18.5 Å². The zero-order valence-electron chi connectivity index (χ0n) is 9.17. The van der Waals surface area contributed by atoms with Gasteiger partial charge < -0.3 is 0 Å². The maximum Gasteiger partial charge on any atom is 0.205 e. The van der Waals surface area contributed by atoms with Crippen LogP contribution in [0.2, 0.25) is 5.02 Å². The van der Waals surface area contributed by atoms with Crippen molar-refractivity contribution in [2.24, 2.45) is 0 Å². The third-order valence-corrected chi connectivity index (χ3v) is 3.87. The van der Waals surface area contributed by atoms with E-state index >= 15 is 0 Å². The van der Waals surface area contributed by atoms with Crippen LogP contribution in [0.5, 0.6) is 0 Å². The third-order valence-electron chi connectivity index (χ3n) is 2.41. The SMILES string of the molecule is CCc1ccc(C(=O)c2cc(Cl)ccc2F)s1. The maximum absolute atomic E-state index is 13.5. The number of carbonyl (C=O) groups excluding carboxylic acids is 1. The lowest BCUT2D eigenvalue weighted by Gasteiger charge is -2.00. The maximum atomic E-state index is 13.5. The molecule has 2 aromatic rings. The normalized spacial score (nSPS) is 10.5. The Kier molecular flexibility index (Phi) is 3.60. The van der Waals surface area contributed by atoms with Crippen LogP contribution in [0.1, 0.15) is 27.0 Å². The zero-order chi connectivity index (χ0) is 12.4. The number of benzene rings is 1. The molecule has 0 fully saturated rings. The Morgan fingerprint density at radius 3 is 2.76 bits per heavy atom. The molecular formula is C13H10ClFOS. The van der Waals surface area contributed by atoms with Crippen molar-refractivity contribution in [3.63, 3.8) is 0 Å². The second kappa shape index (κ2) is 4.98. The molecule has 0 spiro atoms. The smallest absolute Gasteiger partial charge is 0.205 e. The van der Waals surface area contributed by atoms with Gasteiger partial charge in [-0.05, 0) is 36.8 Å². The Hall–Kier alpha value is -1.19. The Labute approximate surface area is 108 Å². The van der Waals surface area contributed by atoms with Crippen molar-refractivity contribution in [1.29, 1.82) is 0 Å². The molecule has 1 aromatic heterocycles. The van der Waals surface area contributed by atoms with Gasteiger partial charge in [0.1, 0.15) is 5.82 Å².